The highest BCUT2D eigenvalue weighted by Gasteiger charge is 2.45. The number of hydrogen-bond donors (Lipinski definition) is 1. The molecule has 1 aliphatic carbocycles. The van der Waals surface area contributed by atoms with Crippen molar-refractivity contribution in [1.82, 2.24) is 15.5 Å². The molecule has 0 aromatic carbocycles. The third-order valence-corrected chi connectivity index (χ3v) is 4.10. The molecular formula is C11H17N3O. The predicted molar refractivity (Wildman–Crippen MR) is 55.4 cm³/mol. The van der Waals surface area contributed by atoms with Crippen molar-refractivity contribution in [2.45, 2.75) is 38.0 Å². The fraction of sp³-hybridized carbons (Fsp3) is 0.818. The van der Waals surface area contributed by atoms with E-state index in [0.29, 0.717) is 11.3 Å². The van der Waals surface area contributed by atoms with Crippen LogP contribution in [0.2, 0.25) is 0 Å². The molecular weight excluding hydrogens is 190 g/mol. The third-order valence-electron chi connectivity index (χ3n) is 4.10. The Kier molecular flexibility index (Phi) is 2.24. The Labute approximate surface area is 89.4 Å². The minimum atomic E-state index is 0.419. The Morgan fingerprint density at radius 3 is 2.93 bits per heavy atom. The SMILES string of the molecule is c1nc([C@@H]2CNCC23CCCCC3)no1. The molecule has 2 heterocycles. The topological polar surface area (TPSA) is 51.0 Å². The normalized spacial score (nSPS) is 29.7. The van der Waals surface area contributed by atoms with E-state index in [1.54, 1.807) is 0 Å². The van der Waals surface area contributed by atoms with Gasteiger partial charge in [-0.1, -0.05) is 24.4 Å². The molecule has 0 radical (unpaired) electrons. The highest BCUT2D eigenvalue weighted by atomic mass is 16.5. The van der Waals surface area contributed by atoms with Crippen molar-refractivity contribution in [2.75, 3.05) is 13.1 Å². The zero-order valence-corrected chi connectivity index (χ0v) is 8.91. The van der Waals surface area contributed by atoms with E-state index in [9.17, 15) is 0 Å². The number of hydrogen-bond acceptors (Lipinski definition) is 4. The average Bonchev–Trinajstić information content (AvgIpc) is 2.88. The zero-order chi connectivity index (χ0) is 10.1. The molecule has 1 aliphatic heterocycles. The van der Waals surface area contributed by atoms with Crippen LogP contribution in [-0.4, -0.2) is 23.2 Å². The van der Waals surface area contributed by atoms with Gasteiger partial charge in [-0.3, -0.25) is 0 Å². The van der Waals surface area contributed by atoms with Crippen LogP contribution < -0.4 is 5.32 Å². The summed E-state index contributed by atoms with van der Waals surface area (Å²) in [4.78, 5) is 4.23. The van der Waals surface area contributed by atoms with Gasteiger partial charge in [0, 0.05) is 19.0 Å². The van der Waals surface area contributed by atoms with E-state index in [-0.39, 0.29) is 0 Å². The maximum Gasteiger partial charge on any atom is 0.213 e. The summed E-state index contributed by atoms with van der Waals surface area (Å²) in [6, 6.07) is 0. The lowest BCUT2D eigenvalue weighted by molar-refractivity contribution is 0.182. The van der Waals surface area contributed by atoms with E-state index < -0.39 is 0 Å². The average molecular weight is 207 g/mol. The summed E-state index contributed by atoms with van der Waals surface area (Å²) in [5.74, 6) is 1.37. The van der Waals surface area contributed by atoms with Gasteiger partial charge in [0.1, 0.15) is 0 Å². The Morgan fingerprint density at radius 1 is 1.33 bits per heavy atom. The quantitative estimate of drug-likeness (QED) is 0.761. The van der Waals surface area contributed by atoms with Crippen molar-refractivity contribution < 1.29 is 4.52 Å². The van der Waals surface area contributed by atoms with Crippen molar-refractivity contribution >= 4 is 0 Å². The van der Waals surface area contributed by atoms with E-state index in [0.717, 1.165) is 18.9 Å². The lowest BCUT2D eigenvalue weighted by atomic mass is 9.67. The lowest BCUT2D eigenvalue weighted by Gasteiger charge is -2.36. The molecule has 1 saturated carbocycles. The minimum absolute atomic E-state index is 0.419. The Hall–Kier alpha value is -0.900. The molecule has 0 amide bonds. The molecule has 1 aromatic rings. The summed E-state index contributed by atoms with van der Waals surface area (Å²) in [6.07, 6.45) is 8.19. The van der Waals surface area contributed by atoms with Crippen LogP contribution in [0.1, 0.15) is 43.8 Å². The summed E-state index contributed by atoms with van der Waals surface area (Å²) in [6.45, 7) is 2.14. The van der Waals surface area contributed by atoms with Crippen molar-refractivity contribution in [3.8, 4) is 0 Å². The van der Waals surface area contributed by atoms with Crippen LogP contribution in [0, 0.1) is 5.41 Å². The first kappa shape index (κ1) is 9.33. The van der Waals surface area contributed by atoms with E-state index in [1.165, 1.54) is 38.5 Å². The zero-order valence-electron chi connectivity index (χ0n) is 8.91. The molecule has 4 nitrogen and oxygen atoms in total. The van der Waals surface area contributed by atoms with Crippen molar-refractivity contribution in [2.24, 2.45) is 5.41 Å². The van der Waals surface area contributed by atoms with Gasteiger partial charge >= 0.3 is 0 Å². The molecule has 2 aliphatic rings. The summed E-state index contributed by atoms with van der Waals surface area (Å²) in [7, 11) is 0. The van der Waals surface area contributed by atoms with Crippen LogP contribution in [0.15, 0.2) is 10.9 Å². The monoisotopic (exact) mass is 207 g/mol. The summed E-state index contributed by atoms with van der Waals surface area (Å²) in [5.41, 5.74) is 0.419. The van der Waals surface area contributed by atoms with E-state index >= 15 is 0 Å². The number of aromatic nitrogens is 2. The number of rotatable bonds is 1. The molecule has 2 fully saturated rings. The van der Waals surface area contributed by atoms with E-state index in [2.05, 4.69) is 15.5 Å². The van der Waals surface area contributed by atoms with Gasteiger partial charge in [0.15, 0.2) is 5.82 Å². The first-order valence-corrected chi connectivity index (χ1v) is 5.88. The van der Waals surface area contributed by atoms with Gasteiger partial charge < -0.3 is 9.84 Å². The summed E-state index contributed by atoms with van der Waals surface area (Å²) in [5, 5.41) is 7.52. The van der Waals surface area contributed by atoms with Gasteiger partial charge in [0.05, 0.1) is 0 Å². The Bertz CT molecular complexity index is 317. The fourth-order valence-electron chi connectivity index (χ4n) is 3.28. The Balaban J connectivity index is 1.87. The van der Waals surface area contributed by atoms with Crippen LogP contribution in [-0.2, 0) is 0 Å². The first-order chi connectivity index (χ1) is 7.41. The number of nitrogens with one attached hydrogen (secondary N) is 1. The first-order valence-electron chi connectivity index (χ1n) is 5.88. The highest BCUT2D eigenvalue weighted by Crippen LogP contribution is 2.48. The predicted octanol–water partition coefficient (Wildman–Crippen LogP) is 1.71. The molecule has 15 heavy (non-hydrogen) atoms. The molecule has 1 atom stereocenters. The molecule has 4 heteroatoms. The second-order valence-corrected chi connectivity index (χ2v) is 4.90. The fourth-order valence-corrected chi connectivity index (χ4v) is 3.28. The molecule has 1 aromatic heterocycles. The van der Waals surface area contributed by atoms with Gasteiger partial charge in [-0.2, -0.15) is 4.98 Å². The smallest absolute Gasteiger partial charge is 0.213 e. The van der Waals surface area contributed by atoms with Crippen molar-refractivity contribution in [3.05, 3.63) is 12.2 Å². The summed E-state index contributed by atoms with van der Waals surface area (Å²) >= 11 is 0. The van der Waals surface area contributed by atoms with Crippen LogP contribution in [0.25, 0.3) is 0 Å². The third kappa shape index (κ3) is 1.47. The van der Waals surface area contributed by atoms with Gasteiger partial charge in [-0.05, 0) is 18.3 Å². The summed E-state index contributed by atoms with van der Waals surface area (Å²) < 4.78 is 4.87. The van der Waals surface area contributed by atoms with Crippen LogP contribution in [0.5, 0.6) is 0 Å². The van der Waals surface area contributed by atoms with Gasteiger partial charge in [0.2, 0.25) is 6.39 Å². The van der Waals surface area contributed by atoms with Crippen LogP contribution in [0.3, 0.4) is 0 Å². The van der Waals surface area contributed by atoms with Crippen LogP contribution >= 0.6 is 0 Å². The maximum atomic E-state index is 4.87. The Morgan fingerprint density at radius 2 is 2.20 bits per heavy atom. The lowest BCUT2D eigenvalue weighted by Crippen LogP contribution is -2.31. The van der Waals surface area contributed by atoms with Crippen LogP contribution in [0.4, 0.5) is 0 Å². The molecule has 3 rings (SSSR count). The second-order valence-electron chi connectivity index (χ2n) is 4.90. The molecule has 0 unspecified atom stereocenters. The number of nitrogens with zero attached hydrogens (tertiary/aromatic N) is 2. The molecule has 1 N–H and O–H groups in total. The standard InChI is InChI=1S/C11H17N3O/c1-2-4-11(5-3-1)7-12-6-9(11)10-13-8-15-14-10/h8-9,12H,1-7H2/t9-/m0/s1. The molecule has 0 bridgehead atoms. The minimum Gasteiger partial charge on any atom is -0.343 e. The molecule has 82 valence electrons. The maximum absolute atomic E-state index is 4.87. The van der Waals surface area contributed by atoms with E-state index in [1.807, 2.05) is 0 Å². The van der Waals surface area contributed by atoms with Crippen molar-refractivity contribution in [3.63, 3.8) is 0 Å². The van der Waals surface area contributed by atoms with Gasteiger partial charge in [0.25, 0.3) is 0 Å². The molecule has 1 saturated heterocycles. The second kappa shape index (κ2) is 3.59. The van der Waals surface area contributed by atoms with Gasteiger partial charge in [-0.25, -0.2) is 0 Å². The highest BCUT2D eigenvalue weighted by molar-refractivity contribution is 5.10. The molecule has 1 spiro atoms. The van der Waals surface area contributed by atoms with E-state index in [4.69, 9.17) is 4.52 Å². The van der Waals surface area contributed by atoms with Gasteiger partial charge in [-0.15, -0.1) is 0 Å². The van der Waals surface area contributed by atoms with Crippen molar-refractivity contribution in [1.29, 1.82) is 0 Å². The largest absolute Gasteiger partial charge is 0.343 e.